The average Bonchev–Trinajstić information content (AvgIpc) is 2.56. The minimum Gasteiger partial charge on any atom is -0.458 e. The number of nitrogens with zero attached hydrogens (tertiary/aromatic N) is 3. The van der Waals surface area contributed by atoms with E-state index in [1.807, 2.05) is 19.9 Å². The minimum absolute atomic E-state index is 0.127. The third kappa shape index (κ3) is 4.10. The first-order valence-electron chi connectivity index (χ1n) is 8.15. The molecule has 7 heteroatoms. The van der Waals surface area contributed by atoms with Crippen LogP contribution in [0.4, 0.5) is 8.78 Å². The van der Waals surface area contributed by atoms with Crippen LogP contribution < -0.4 is 4.74 Å². The molecular formula is C18H19F2N3O2. The van der Waals surface area contributed by atoms with Gasteiger partial charge >= 0.3 is 6.01 Å². The number of rotatable bonds is 3. The second-order valence-corrected chi connectivity index (χ2v) is 6.20. The molecule has 1 aromatic heterocycles. The van der Waals surface area contributed by atoms with Crippen LogP contribution in [0.2, 0.25) is 0 Å². The van der Waals surface area contributed by atoms with Gasteiger partial charge in [-0.2, -0.15) is 0 Å². The maximum Gasteiger partial charge on any atom is 0.317 e. The monoisotopic (exact) mass is 347 g/mol. The lowest BCUT2D eigenvalue weighted by molar-refractivity contribution is 0.0514. The van der Waals surface area contributed by atoms with Crippen LogP contribution in [0.25, 0.3) is 0 Å². The highest BCUT2D eigenvalue weighted by molar-refractivity contribution is 5.94. The maximum atomic E-state index is 13.4. The highest BCUT2D eigenvalue weighted by atomic mass is 19.2. The number of carbonyl (C=O) groups excluding carboxylic acids is 1. The first-order chi connectivity index (χ1) is 11.9. The van der Waals surface area contributed by atoms with Crippen molar-refractivity contribution in [3.8, 4) is 6.01 Å². The van der Waals surface area contributed by atoms with Gasteiger partial charge in [0.1, 0.15) is 6.10 Å². The average molecular weight is 347 g/mol. The summed E-state index contributed by atoms with van der Waals surface area (Å²) in [5.41, 5.74) is 1.75. The zero-order valence-electron chi connectivity index (χ0n) is 14.1. The van der Waals surface area contributed by atoms with Crippen LogP contribution >= 0.6 is 0 Å². The van der Waals surface area contributed by atoms with E-state index in [1.165, 1.54) is 6.07 Å². The standard InChI is InChI=1S/C18H19F2N3O2/c1-11-8-12(2)22-18(21-11)25-14-4-3-7-23(10-14)17(24)13-5-6-15(19)16(20)9-13/h5-6,8-9,14H,3-4,7,10H2,1-2H3. The van der Waals surface area contributed by atoms with Crippen molar-refractivity contribution in [1.82, 2.24) is 14.9 Å². The summed E-state index contributed by atoms with van der Waals surface area (Å²) < 4.78 is 32.2. The van der Waals surface area contributed by atoms with Crippen LogP contribution in [0.1, 0.15) is 34.6 Å². The van der Waals surface area contributed by atoms with Crippen molar-refractivity contribution in [3.63, 3.8) is 0 Å². The minimum atomic E-state index is -1.03. The Balaban J connectivity index is 1.69. The van der Waals surface area contributed by atoms with E-state index in [0.29, 0.717) is 19.1 Å². The lowest BCUT2D eigenvalue weighted by atomic mass is 10.1. The van der Waals surface area contributed by atoms with E-state index in [1.54, 1.807) is 4.90 Å². The lowest BCUT2D eigenvalue weighted by Crippen LogP contribution is -2.44. The molecule has 2 aromatic rings. The van der Waals surface area contributed by atoms with Gasteiger partial charge in [0.15, 0.2) is 11.6 Å². The number of aryl methyl sites for hydroxylation is 2. The number of carbonyl (C=O) groups is 1. The van der Waals surface area contributed by atoms with Crippen molar-refractivity contribution >= 4 is 5.91 Å². The first kappa shape index (κ1) is 17.3. The van der Waals surface area contributed by atoms with Gasteiger partial charge in [-0.3, -0.25) is 4.79 Å². The number of aromatic nitrogens is 2. The Morgan fingerprint density at radius 1 is 1.16 bits per heavy atom. The molecule has 0 N–H and O–H groups in total. The normalized spacial score (nSPS) is 17.4. The molecule has 1 fully saturated rings. The van der Waals surface area contributed by atoms with Gasteiger partial charge < -0.3 is 9.64 Å². The van der Waals surface area contributed by atoms with Crippen LogP contribution in [0, 0.1) is 25.5 Å². The van der Waals surface area contributed by atoms with Crippen LogP contribution in [0.3, 0.4) is 0 Å². The predicted octanol–water partition coefficient (Wildman–Crippen LogP) is 3.06. The Hall–Kier alpha value is -2.57. The summed E-state index contributed by atoms with van der Waals surface area (Å²) in [6, 6.07) is 5.33. The highest BCUT2D eigenvalue weighted by Crippen LogP contribution is 2.19. The Bertz CT molecular complexity index is 778. The molecule has 0 saturated carbocycles. The molecule has 1 amide bonds. The number of benzene rings is 1. The molecule has 0 aliphatic carbocycles. The SMILES string of the molecule is Cc1cc(C)nc(OC2CCCN(C(=O)c3ccc(F)c(F)c3)C2)n1. The topological polar surface area (TPSA) is 55.3 Å². The highest BCUT2D eigenvalue weighted by Gasteiger charge is 2.26. The molecule has 25 heavy (non-hydrogen) atoms. The summed E-state index contributed by atoms with van der Waals surface area (Å²) in [6.07, 6.45) is 1.30. The predicted molar refractivity (Wildman–Crippen MR) is 87.4 cm³/mol. The van der Waals surface area contributed by atoms with Crippen LogP contribution in [0.5, 0.6) is 6.01 Å². The van der Waals surface area contributed by atoms with Gasteiger partial charge in [0.05, 0.1) is 6.54 Å². The van der Waals surface area contributed by atoms with Gasteiger partial charge in [-0.15, -0.1) is 0 Å². The number of halogens is 2. The summed E-state index contributed by atoms with van der Waals surface area (Å²) >= 11 is 0. The molecule has 0 bridgehead atoms. The van der Waals surface area contributed by atoms with Crippen molar-refractivity contribution in [1.29, 1.82) is 0 Å². The molecule has 132 valence electrons. The largest absolute Gasteiger partial charge is 0.458 e. The van der Waals surface area contributed by atoms with Crippen LogP contribution in [-0.4, -0.2) is 40.0 Å². The Labute approximate surface area is 144 Å². The van der Waals surface area contributed by atoms with Gasteiger partial charge in [-0.25, -0.2) is 18.7 Å². The van der Waals surface area contributed by atoms with Crippen molar-refractivity contribution in [2.45, 2.75) is 32.8 Å². The molecule has 1 aromatic carbocycles. The van der Waals surface area contributed by atoms with E-state index in [9.17, 15) is 13.6 Å². The van der Waals surface area contributed by atoms with E-state index in [2.05, 4.69) is 9.97 Å². The molecule has 2 heterocycles. The Morgan fingerprint density at radius 2 is 1.88 bits per heavy atom. The fraction of sp³-hybridized carbons (Fsp3) is 0.389. The lowest BCUT2D eigenvalue weighted by Gasteiger charge is -2.32. The summed E-state index contributed by atoms with van der Waals surface area (Å²) in [5.74, 6) is -2.34. The summed E-state index contributed by atoms with van der Waals surface area (Å²) in [4.78, 5) is 22.6. The summed E-state index contributed by atoms with van der Waals surface area (Å²) in [6.45, 7) is 4.63. The molecule has 3 rings (SSSR count). The van der Waals surface area contributed by atoms with Gasteiger partial charge in [0.2, 0.25) is 0 Å². The van der Waals surface area contributed by atoms with Gasteiger partial charge in [0.25, 0.3) is 5.91 Å². The van der Waals surface area contributed by atoms with E-state index >= 15 is 0 Å². The molecule has 0 spiro atoms. The molecule has 1 saturated heterocycles. The van der Waals surface area contributed by atoms with E-state index in [-0.39, 0.29) is 17.6 Å². The molecule has 1 aliphatic rings. The number of amides is 1. The zero-order chi connectivity index (χ0) is 18.0. The van der Waals surface area contributed by atoms with E-state index < -0.39 is 11.6 Å². The van der Waals surface area contributed by atoms with E-state index in [4.69, 9.17) is 4.74 Å². The second-order valence-electron chi connectivity index (χ2n) is 6.20. The smallest absolute Gasteiger partial charge is 0.317 e. The molecule has 1 unspecified atom stereocenters. The molecule has 1 aliphatic heterocycles. The molecule has 1 atom stereocenters. The van der Waals surface area contributed by atoms with Crippen molar-refractivity contribution in [2.24, 2.45) is 0 Å². The number of ether oxygens (including phenoxy) is 1. The number of piperidine rings is 1. The van der Waals surface area contributed by atoms with Crippen molar-refractivity contribution in [3.05, 3.63) is 52.9 Å². The third-order valence-electron chi connectivity index (χ3n) is 4.07. The summed E-state index contributed by atoms with van der Waals surface area (Å²) in [5, 5.41) is 0. The third-order valence-corrected chi connectivity index (χ3v) is 4.07. The van der Waals surface area contributed by atoms with Gasteiger partial charge in [0, 0.05) is 23.5 Å². The van der Waals surface area contributed by atoms with Gasteiger partial charge in [-0.05, 0) is 51.0 Å². The van der Waals surface area contributed by atoms with Crippen molar-refractivity contribution in [2.75, 3.05) is 13.1 Å². The van der Waals surface area contributed by atoms with Crippen molar-refractivity contribution < 1.29 is 18.3 Å². The number of hydrogen-bond donors (Lipinski definition) is 0. The Morgan fingerprint density at radius 3 is 2.56 bits per heavy atom. The maximum absolute atomic E-state index is 13.4. The van der Waals surface area contributed by atoms with E-state index in [0.717, 1.165) is 36.4 Å². The quantitative estimate of drug-likeness (QED) is 0.856. The first-order valence-corrected chi connectivity index (χ1v) is 8.15. The number of hydrogen-bond acceptors (Lipinski definition) is 4. The molecular weight excluding hydrogens is 328 g/mol. The fourth-order valence-electron chi connectivity index (χ4n) is 2.93. The van der Waals surface area contributed by atoms with Gasteiger partial charge in [-0.1, -0.05) is 0 Å². The van der Waals surface area contributed by atoms with Crippen LogP contribution in [0.15, 0.2) is 24.3 Å². The molecule has 5 nitrogen and oxygen atoms in total. The zero-order valence-corrected chi connectivity index (χ0v) is 14.1. The Kier molecular flexibility index (Phi) is 4.92. The molecule has 0 radical (unpaired) electrons. The fourth-order valence-corrected chi connectivity index (χ4v) is 2.93. The second kappa shape index (κ2) is 7.13. The summed E-state index contributed by atoms with van der Waals surface area (Å²) in [7, 11) is 0. The van der Waals surface area contributed by atoms with Crippen LogP contribution in [-0.2, 0) is 0 Å². The number of likely N-dealkylation sites (tertiary alicyclic amines) is 1.